The van der Waals surface area contributed by atoms with Crippen molar-refractivity contribution >= 4 is 11.6 Å². The Morgan fingerprint density at radius 3 is 2.75 bits per heavy atom. The van der Waals surface area contributed by atoms with Gasteiger partial charge in [0.2, 0.25) is 0 Å². The van der Waals surface area contributed by atoms with Gasteiger partial charge in [-0.1, -0.05) is 0 Å². The predicted molar refractivity (Wildman–Crippen MR) is 79.7 cm³/mol. The van der Waals surface area contributed by atoms with Crippen molar-refractivity contribution in [3.63, 3.8) is 0 Å². The molecule has 6 heteroatoms. The summed E-state index contributed by atoms with van der Waals surface area (Å²) in [6.07, 6.45) is 0.452. The Balaban J connectivity index is 2.73. The van der Waals surface area contributed by atoms with Gasteiger partial charge >= 0.3 is 0 Å². The molecule has 0 aliphatic heterocycles. The van der Waals surface area contributed by atoms with Crippen molar-refractivity contribution in [2.75, 3.05) is 39.3 Å². The maximum absolute atomic E-state index is 12.1. The number of rotatable bonds is 7. The van der Waals surface area contributed by atoms with Crippen molar-refractivity contribution in [1.29, 1.82) is 0 Å². The Hall–Kier alpha value is -1.98. The van der Waals surface area contributed by atoms with Crippen LogP contribution in [0.3, 0.4) is 0 Å². The van der Waals surface area contributed by atoms with Gasteiger partial charge < -0.3 is 20.1 Å². The van der Waals surface area contributed by atoms with E-state index in [9.17, 15) is 4.39 Å². The Morgan fingerprint density at radius 1 is 1.35 bits per heavy atom. The quantitative estimate of drug-likeness (QED) is 0.458. The van der Waals surface area contributed by atoms with E-state index in [4.69, 9.17) is 9.47 Å². The summed E-state index contributed by atoms with van der Waals surface area (Å²) in [7, 11) is 3.26. The molecule has 0 saturated carbocycles. The van der Waals surface area contributed by atoms with Crippen molar-refractivity contribution in [3.8, 4) is 11.5 Å². The number of ether oxygens (including phenoxy) is 2. The number of guanidine groups is 1. The van der Waals surface area contributed by atoms with Crippen LogP contribution < -0.4 is 20.1 Å². The van der Waals surface area contributed by atoms with Gasteiger partial charge in [0.05, 0.1) is 20.4 Å². The maximum atomic E-state index is 12.1. The number of hydrogen-bond donors (Lipinski definition) is 2. The highest BCUT2D eigenvalue weighted by Gasteiger charge is 2.06. The minimum Gasteiger partial charge on any atom is -0.493 e. The summed E-state index contributed by atoms with van der Waals surface area (Å²) in [5.74, 6) is 1.93. The summed E-state index contributed by atoms with van der Waals surface area (Å²) in [6, 6.07) is 5.52. The number of nitrogens with zero attached hydrogens (tertiary/aromatic N) is 1. The van der Waals surface area contributed by atoms with Crippen LogP contribution in [0.4, 0.5) is 10.1 Å². The summed E-state index contributed by atoms with van der Waals surface area (Å²) >= 11 is 0. The molecule has 1 aromatic rings. The second-order valence-electron chi connectivity index (χ2n) is 3.97. The first-order valence-corrected chi connectivity index (χ1v) is 6.59. The van der Waals surface area contributed by atoms with E-state index in [-0.39, 0.29) is 6.67 Å². The molecule has 0 spiro atoms. The molecule has 112 valence electrons. The van der Waals surface area contributed by atoms with Gasteiger partial charge in [-0.2, -0.15) is 0 Å². The van der Waals surface area contributed by atoms with Gasteiger partial charge in [-0.15, -0.1) is 0 Å². The first-order valence-electron chi connectivity index (χ1n) is 6.59. The summed E-state index contributed by atoms with van der Waals surface area (Å²) in [5.41, 5.74) is 0.822. The molecular weight excluding hydrogens is 261 g/mol. The fourth-order valence-electron chi connectivity index (χ4n) is 1.61. The second-order valence-corrected chi connectivity index (χ2v) is 3.97. The summed E-state index contributed by atoms with van der Waals surface area (Å²) in [4.78, 5) is 4.07. The average molecular weight is 283 g/mol. The van der Waals surface area contributed by atoms with Crippen LogP contribution in [0.5, 0.6) is 11.5 Å². The van der Waals surface area contributed by atoms with E-state index in [1.165, 1.54) is 0 Å². The normalized spacial score (nSPS) is 11.1. The minimum atomic E-state index is -0.346. The number of alkyl halides is 1. The molecule has 0 fully saturated rings. The number of nitrogens with one attached hydrogen (secondary N) is 2. The monoisotopic (exact) mass is 283 g/mol. The molecule has 0 unspecified atom stereocenters. The summed E-state index contributed by atoms with van der Waals surface area (Å²) in [6.45, 7) is 2.66. The number of methoxy groups -OCH3 is 1. The summed E-state index contributed by atoms with van der Waals surface area (Å²) in [5, 5.41) is 6.14. The van der Waals surface area contributed by atoms with Crippen LogP contribution in [0.15, 0.2) is 23.2 Å². The Bertz CT molecular complexity index is 438. The largest absolute Gasteiger partial charge is 0.493 e. The first kappa shape index (κ1) is 16.1. The van der Waals surface area contributed by atoms with Crippen LogP contribution >= 0.6 is 0 Å². The minimum absolute atomic E-state index is 0.346. The smallest absolute Gasteiger partial charge is 0.195 e. The van der Waals surface area contributed by atoms with Gasteiger partial charge in [0, 0.05) is 25.3 Å². The van der Waals surface area contributed by atoms with E-state index >= 15 is 0 Å². The molecule has 0 heterocycles. The van der Waals surface area contributed by atoms with Gasteiger partial charge in [-0.05, 0) is 25.5 Å². The van der Waals surface area contributed by atoms with E-state index in [0.717, 1.165) is 5.69 Å². The zero-order valence-corrected chi connectivity index (χ0v) is 12.2. The molecular formula is C14H22FN3O2. The van der Waals surface area contributed by atoms with Crippen molar-refractivity contribution in [2.24, 2.45) is 4.99 Å². The van der Waals surface area contributed by atoms with E-state index in [1.54, 1.807) is 14.2 Å². The third kappa shape index (κ3) is 4.95. The molecule has 0 aliphatic carbocycles. The van der Waals surface area contributed by atoms with Gasteiger partial charge in [0.1, 0.15) is 0 Å². The average Bonchev–Trinajstić information content (AvgIpc) is 2.47. The van der Waals surface area contributed by atoms with Crippen LogP contribution in [0.1, 0.15) is 13.3 Å². The van der Waals surface area contributed by atoms with E-state index in [1.807, 2.05) is 25.1 Å². The van der Waals surface area contributed by atoms with Crippen LogP contribution in [0.25, 0.3) is 0 Å². The molecule has 0 radical (unpaired) electrons. The van der Waals surface area contributed by atoms with E-state index < -0.39 is 0 Å². The van der Waals surface area contributed by atoms with Gasteiger partial charge in [-0.3, -0.25) is 9.38 Å². The Morgan fingerprint density at radius 2 is 2.15 bits per heavy atom. The number of halogens is 1. The standard InChI is InChI=1S/C14H22FN3O2/c1-4-20-13-10-11(6-7-12(13)19-3)18-14(16-2)17-9-5-8-15/h6-7,10H,4-5,8-9H2,1-3H3,(H2,16,17,18). The van der Waals surface area contributed by atoms with Crippen LogP contribution in [-0.2, 0) is 0 Å². The highest BCUT2D eigenvalue weighted by atomic mass is 19.1. The van der Waals surface area contributed by atoms with Crippen molar-refractivity contribution < 1.29 is 13.9 Å². The fraction of sp³-hybridized carbons (Fsp3) is 0.500. The van der Waals surface area contributed by atoms with Crippen LogP contribution in [0.2, 0.25) is 0 Å². The molecule has 0 bridgehead atoms. The predicted octanol–water partition coefficient (Wildman–Crippen LogP) is 2.44. The van der Waals surface area contributed by atoms with Gasteiger partial charge in [0.15, 0.2) is 17.5 Å². The Kier molecular flexibility index (Phi) is 7.24. The third-order valence-electron chi connectivity index (χ3n) is 2.55. The number of aliphatic imine (C=N–C) groups is 1. The molecule has 0 aromatic heterocycles. The second kappa shape index (κ2) is 9.01. The van der Waals surface area contributed by atoms with Crippen LogP contribution in [-0.4, -0.2) is 39.9 Å². The molecule has 2 N–H and O–H groups in total. The Labute approximate surface area is 119 Å². The zero-order chi connectivity index (χ0) is 14.8. The lowest BCUT2D eigenvalue weighted by Crippen LogP contribution is -2.31. The van der Waals surface area contributed by atoms with Crippen molar-refractivity contribution in [2.45, 2.75) is 13.3 Å². The number of benzene rings is 1. The van der Waals surface area contributed by atoms with Crippen LogP contribution in [0, 0.1) is 0 Å². The van der Waals surface area contributed by atoms with E-state index in [2.05, 4.69) is 15.6 Å². The SMILES string of the molecule is CCOc1cc(NC(=NC)NCCCF)ccc1OC. The maximum Gasteiger partial charge on any atom is 0.195 e. The highest BCUT2D eigenvalue weighted by molar-refractivity contribution is 5.93. The molecule has 0 atom stereocenters. The molecule has 20 heavy (non-hydrogen) atoms. The first-order chi connectivity index (χ1) is 9.74. The van der Waals surface area contributed by atoms with Gasteiger partial charge in [0.25, 0.3) is 0 Å². The topological polar surface area (TPSA) is 54.9 Å². The third-order valence-corrected chi connectivity index (χ3v) is 2.55. The molecule has 5 nitrogen and oxygen atoms in total. The lowest BCUT2D eigenvalue weighted by atomic mass is 10.2. The summed E-state index contributed by atoms with van der Waals surface area (Å²) < 4.78 is 22.8. The molecule has 0 saturated heterocycles. The fourth-order valence-corrected chi connectivity index (χ4v) is 1.61. The lowest BCUT2D eigenvalue weighted by Gasteiger charge is -2.14. The molecule has 0 amide bonds. The van der Waals surface area contributed by atoms with Gasteiger partial charge in [-0.25, -0.2) is 0 Å². The highest BCUT2D eigenvalue weighted by Crippen LogP contribution is 2.30. The van der Waals surface area contributed by atoms with Crippen molar-refractivity contribution in [3.05, 3.63) is 18.2 Å². The lowest BCUT2D eigenvalue weighted by molar-refractivity contribution is 0.311. The number of anilines is 1. The molecule has 0 aliphatic rings. The zero-order valence-electron chi connectivity index (χ0n) is 12.2. The van der Waals surface area contributed by atoms with E-state index in [0.29, 0.717) is 37.0 Å². The molecule has 1 rings (SSSR count). The van der Waals surface area contributed by atoms with Crippen molar-refractivity contribution in [1.82, 2.24) is 5.32 Å². The molecule has 1 aromatic carbocycles. The number of hydrogen-bond acceptors (Lipinski definition) is 3.